The Bertz CT molecular complexity index is 210. The molecule has 0 aromatic rings. The van der Waals surface area contributed by atoms with E-state index in [4.69, 9.17) is 0 Å². The lowest BCUT2D eigenvalue weighted by molar-refractivity contribution is -0.0135. The monoisotopic (exact) mass is 213 g/mol. The van der Waals surface area contributed by atoms with Gasteiger partial charge in [0.2, 0.25) is 0 Å². The summed E-state index contributed by atoms with van der Waals surface area (Å²) in [5, 5.41) is 19.8. The predicted octanol–water partition coefficient (Wildman–Crippen LogP) is 1.14. The third-order valence-electron chi connectivity index (χ3n) is 4.18. The lowest BCUT2D eigenvalue weighted by atomic mass is 9.90. The molecule has 0 aromatic carbocycles. The Morgan fingerprint density at radius 2 is 1.27 bits per heavy atom. The summed E-state index contributed by atoms with van der Waals surface area (Å²) in [6.07, 6.45) is 7.16. The fraction of sp³-hybridized carbons (Fsp3) is 1.00. The van der Waals surface area contributed by atoms with Crippen molar-refractivity contribution in [3.63, 3.8) is 0 Å². The van der Waals surface area contributed by atoms with E-state index in [0.29, 0.717) is 0 Å². The molecular weight excluding hydrogens is 190 g/mol. The van der Waals surface area contributed by atoms with E-state index in [0.717, 1.165) is 38.5 Å². The van der Waals surface area contributed by atoms with Crippen molar-refractivity contribution in [3.05, 3.63) is 0 Å². The van der Waals surface area contributed by atoms with Gasteiger partial charge in [0.25, 0.3) is 0 Å². The molecule has 2 aliphatic carbocycles. The Balaban J connectivity index is 1.96. The summed E-state index contributed by atoms with van der Waals surface area (Å²) in [4.78, 5) is 2.24. The molecule has 0 amide bonds. The highest BCUT2D eigenvalue weighted by molar-refractivity contribution is 4.90. The van der Waals surface area contributed by atoms with Crippen LogP contribution in [-0.2, 0) is 0 Å². The second-order valence-corrected chi connectivity index (χ2v) is 5.15. The fourth-order valence-corrected chi connectivity index (χ4v) is 3.21. The first kappa shape index (κ1) is 11.4. The van der Waals surface area contributed by atoms with E-state index in [-0.39, 0.29) is 24.3 Å². The SMILES string of the molecule is CN(C1CCCCC1O)[C@@H]1CCC[C@H]1O. The van der Waals surface area contributed by atoms with E-state index in [1.54, 1.807) is 0 Å². The molecule has 2 aliphatic rings. The zero-order chi connectivity index (χ0) is 10.8. The second kappa shape index (κ2) is 4.81. The van der Waals surface area contributed by atoms with E-state index < -0.39 is 0 Å². The van der Waals surface area contributed by atoms with Gasteiger partial charge in [-0.05, 0) is 39.2 Å². The van der Waals surface area contributed by atoms with Gasteiger partial charge in [0.15, 0.2) is 0 Å². The molecule has 0 aromatic heterocycles. The molecule has 2 saturated carbocycles. The molecule has 0 bridgehead atoms. The fourth-order valence-electron chi connectivity index (χ4n) is 3.21. The largest absolute Gasteiger partial charge is 0.391 e. The first-order valence-corrected chi connectivity index (χ1v) is 6.28. The van der Waals surface area contributed by atoms with Crippen LogP contribution in [0.5, 0.6) is 0 Å². The van der Waals surface area contributed by atoms with Crippen molar-refractivity contribution in [1.29, 1.82) is 0 Å². The molecule has 15 heavy (non-hydrogen) atoms. The van der Waals surface area contributed by atoms with Crippen LogP contribution in [0.15, 0.2) is 0 Å². The van der Waals surface area contributed by atoms with Crippen LogP contribution in [0.3, 0.4) is 0 Å². The van der Waals surface area contributed by atoms with Gasteiger partial charge in [0.05, 0.1) is 12.2 Å². The number of aliphatic hydroxyl groups is 2. The van der Waals surface area contributed by atoms with Gasteiger partial charge in [-0.3, -0.25) is 4.90 Å². The molecule has 3 heteroatoms. The molecule has 0 aliphatic heterocycles. The minimum absolute atomic E-state index is 0.177. The number of hydrogen-bond acceptors (Lipinski definition) is 3. The second-order valence-electron chi connectivity index (χ2n) is 5.15. The highest BCUT2D eigenvalue weighted by Crippen LogP contribution is 2.29. The maximum atomic E-state index is 9.96. The van der Waals surface area contributed by atoms with Crippen LogP contribution in [0, 0.1) is 0 Å². The maximum Gasteiger partial charge on any atom is 0.0695 e. The Kier molecular flexibility index (Phi) is 3.65. The number of nitrogens with zero attached hydrogens (tertiary/aromatic N) is 1. The molecule has 2 rings (SSSR count). The summed E-state index contributed by atoms with van der Waals surface area (Å²) in [5.74, 6) is 0. The normalized spacial score (nSPS) is 42.4. The molecule has 4 atom stereocenters. The Labute approximate surface area is 92.1 Å². The quantitative estimate of drug-likeness (QED) is 0.723. The van der Waals surface area contributed by atoms with Gasteiger partial charge >= 0.3 is 0 Å². The highest BCUT2D eigenvalue weighted by atomic mass is 16.3. The van der Waals surface area contributed by atoms with Crippen LogP contribution in [0.25, 0.3) is 0 Å². The topological polar surface area (TPSA) is 43.7 Å². The standard InChI is InChI=1S/C12H23NO2/c1-13(10-6-4-8-12(10)15)9-5-2-3-7-11(9)14/h9-12,14-15H,2-8H2,1H3/t9?,10-,11?,12-/m1/s1. The van der Waals surface area contributed by atoms with Crippen LogP contribution in [0.2, 0.25) is 0 Å². The van der Waals surface area contributed by atoms with E-state index in [1.165, 1.54) is 6.42 Å². The van der Waals surface area contributed by atoms with Gasteiger partial charge in [-0.15, -0.1) is 0 Å². The van der Waals surface area contributed by atoms with Crippen LogP contribution in [0.1, 0.15) is 44.9 Å². The zero-order valence-corrected chi connectivity index (χ0v) is 9.60. The molecule has 0 heterocycles. The molecule has 2 fully saturated rings. The molecular formula is C12H23NO2. The van der Waals surface area contributed by atoms with E-state index in [9.17, 15) is 10.2 Å². The summed E-state index contributed by atoms with van der Waals surface area (Å²) in [7, 11) is 2.07. The summed E-state index contributed by atoms with van der Waals surface area (Å²) < 4.78 is 0. The lowest BCUT2D eigenvalue weighted by Gasteiger charge is -2.39. The summed E-state index contributed by atoms with van der Waals surface area (Å²) in [6, 6.07) is 0.555. The van der Waals surface area contributed by atoms with Crippen molar-refractivity contribution in [2.24, 2.45) is 0 Å². The van der Waals surface area contributed by atoms with Gasteiger partial charge in [0, 0.05) is 12.1 Å². The first-order chi connectivity index (χ1) is 7.20. The van der Waals surface area contributed by atoms with Gasteiger partial charge in [0.1, 0.15) is 0 Å². The lowest BCUT2D eigenvalue weighted by Crippen LogP contribution is -2.50. The highest BCUT2D eigenvalue weighted by Gasteiger charge is 2.35. The van der Waals surface area contributed by atoms with Crippen molar-refractivity contribution in [2.45, 2.75) is 69.2 Å². The molecule has 2 N–H and O–H groups in total. The van der Waals surface area contributed by atoms with Gasteiger partial charge in [-0.1, -0.05) is 12.8 Å². The van der Waals surface area contributed by atoms with E-state index in [1.807, 2.05) is 0 Å². The average molecular weight is 213 g/mol. The smallest absolute Gasteiger partial charge is 0.0695 e. The molecule has 88 valence electrons. The number of likely N-dealkylation sites (N-methyl/N-ethyl adjacent to an activating group) is 1. The van der Waals surface area contributed by atoms with Crippen molar-refractivity contribution in [1.82, 2.24) is 4.90 Å². The third-order valence-corrected chi connectivity index (χ3v) is 4.18. The van der Waals surface area contributed by atoms with Crippen molar-refractivity contribution in [3.8, 4) is 0 Å². The Hall–Kier alpha value is -0.120. The summed E-state index contributed by atoms with van der Waals surface area (Å²) in [6.45, 7) is 0. The van der Waals surface area contributed by atoms with Gasteiger partial charge < -0.3 is 10.2 Å². The van der Waals surface area contributed by atoms with Crippen LogP contribution >= 0.6 is 0 Å². The van der Waals surface area contributed by atoms with Gasteiger partial charge in [-0.2, -0.15) is 0 Å². The molecule has 0 saturated heterocycles. The zero-order valence-electron chi connectivity index (χ0n) is 9.60. The minimum atomic E-state index is -0.184. The van der Waals surface area contributed by atoms with Crippen molar-refractivity contribution in [2.75, 3.05) is 7.05 Å². The Morgan fingerprint density at radius 3 is 1.80 bits per heavy atom. The van der Waals surface area contributed by atoms with Gasteiger partial charge in [-0.25, -0.2) is 0 Å². The summed E-state index contributed by atoms with van der Waals surface area (Å²) in [5.41, 5.74) is 0. The molecule has 3 nitrogen and oxygen atoms in total. The first-order valence-electron chi connectivity index (χ1n) is 6.28. The van der Waals surface area contributed by atoms with Crippen LogP contribution in [0.4, 0.5) is 0 Å². The number of aliphatic hydroxyl groups excluding tert-OH is 2. The number of rotatable bonds is 2. The van der Waals surface area contributed by atoms with E-state index >= 15 is 0 Å². The minimum Gasteiger partial charge on any atom is -0.391 e. The molecule has 0 radical (unpaired) electrons. The van der Waals surface area contributed by atoms with Crippen LogP contribution in [-0.4, -0.2) is 46.5 Å². The van der Waals surface area contributed by atoms with Crippen molar-refractivity contribution < 1.29 is 10.2 Å². The molecule has 0 spiro atoms. The van der Waals surface area contributed by atoms with Crippen LogP contribution < -0.4 is 0 Å². The summed E-state index contributed by atoms with van der Waals surface area (Å²) >= 11 is 0. The maximum absolute atomic E-state index is 9.96. The Morgan fingerprint density at radius 1 is 0.800 bits per heavy atom. The third kappa shape index (κ3) is 2.35. The number of hydrogen-bond donors (Lipinski definition) is 2. The van der Waals surface area contributed by atoms with E-state index in [2.05, 4.69) is 11.9 Å². The van der Waals surface area contributed by atoms with Crippen molar-refractivity contribution >= 4 is 0 Å². The molecule has 2 unspecified atom stereocenters. The predicted molar refractivity (Wildman–Crippen MR) is 59.7 cm³/mol. The average Bonchev–Trinajstić information content (AvgIpc) is 2.64.